The molecule has 1 aliphatic heterocycles. The number of alkyl carbamates (subject to hydrolysis) is 1. The minimum absolute atomic E-state index is 0.105. The first-order chi connectivity index (χ1) is 21.0. The highest BCUT2D eigenvalue weighted by molar-refractivity contribution is 5.87. The summed E-state index contributed by atoms with van der Waals surface area (Å²) in [7, 11) is 3.41. The van der Waals surface area contributed by atoms with E-state index in [1.54, 1.807) is 0 Å². The molecule has 2 amide bonds. The number of aryl methyl sites for hydroxylation is 1. The maximum absolute atomic E-state index is 11.7. The Labute approximate surface area is 248 Å². The Bertz CT molecular complexity index is 1760. The van der Waals surface area contributed by atoms with Crippen LogP contribution in [0.3, 0.4) is 0 Å². The van der Waals surface area contributed by atoms with Gasteiger partial charge in [0, 0.05) is 29.5 Å². The lowest BCUT2D eigenvalue weighted by molar-refractivity contribution is -0.120. The summed E-state index contributed by atoms with van der Waals surface area (Å²) in [6, 6.07) is 14.8. The van der Waals surface area contributed by atoms with Gasteiger partial charge in [0.15, 0.2) is 0 Å². The topological polar surface area (TPSA) is 154 Å². The van der Waals surface area contributed by atoms with E-state index < -0.39 is 6.09 Å². The molecule has 0 bridgehead atoms. The molecule has 0 saturated carbocycles. The summed E-state index contributed by atoms with van der Waals surface area (Å²) in [6.07, 6.45) is 5.93. The number of unbranched alkanes of at least 4 members (excludes halogenated alkanes) is 1. The van der Waals surface area contributed by atoms with E-state index in [0.717, 1.165) is 88.3 Å². The molecule has 43 heavy (non-hydrogen) atoms. The highest BCUT2D eigenvalue weighted by Crippen LogP contribution is 2.31. The van der Waals surface area contributed by atoms with Gasteiger partial charge in [0.1, 0.15) is 11.6 Å². The van der Waals surface area contributed by atoms with Crippen molar-refractivity contribution in [1.82, 2.24) is 45.7 Å². The van der Waals surface area contributed by atoms with E-state index in [0.29, 0.717) is 12.6 Å². The van der Waals surface area contributed by atoms with E-state index in [-0.39, 0.29) is 12.5 Å². The third-order valence-corrected chi connectivity index (χ3v) is 7.90. The van der Waals surface area contributed by atoms with Gasteiger partial charge in [-0.25, -0.2) is 14.8 Å². The van der Waals surface area contributed by atoms with Crippen LogP contribution in [0.15, 0.2) is 48.7 Å². The highest BCUT2D eigenvalue weighted by Gasteiger charge is 2.25. The molecule has 1 fully saturated rings. The van der Waals surface area contributed by atoms with Crippen LogP contribution in [0.25, 0.3) is 44.5 Å². The molecule has 0 radical (unpaired) electrons. The van der Waals surface area contributed by atoms with Crippen molar-refractivity contribution in [3.63, 3.8) is 0 Å². The average molecular weight is 582 g/mol. The number of benzene rings is 2. The first kappa shape index (κ1) is 28.3. The van der Waals surface area contributed by atoms with Crippen molar-refractivity contribution in [3.8, 4) is 22.5 Å². The highest BCUT2D eigenvalue weighted by atomic mass is 16.5. The van der Waals surface area contributed by atoms with Crippen LogP contribution in [0.5, 0.6) is 0 Å². The number of rotatable bonds is 10. The number of imidazole rings is 2. The fourth-order valence-corrected chi connectivity index (χ4v) is 5.52. The van der Waals surface area contributed by atoms with Crippen molar-refractivity contribution >= 4 is 33.9 Å². The Kier molecular flexibility index (Phi) is 8.27. The van der Waals surface area contributed by atoms with Gasteiger partial charge in [-0.1, -0.05) is 18.2 Å². The number of nitrogens with one attached hydrogen (secondary N) is 4. The van der Waals surface area contributed by atoms with Crippen molar-refractivity contribution in [3.05, 3.63) is 60.3 Å². The number of H-pyrrole nitrogens is 2. The summed E-state index contributed by atoms with van der Waals surface area (Å²) in [6.45, 7) is 1.52. The van der Waals surface area contributed by atoms with Gasteiger partial charge in [-0.05, 0) is 63.5 Å². The first-order valence-corrected chi connectivity index (χ1v) is 14.6. The molecule has 1 unspecified atom stereocenters. The summed E-state index contributed by atoms with van der Waals surface area (Å²) in [5, 5.41) is 15.2. The minimum Gasteiger partial charge on any atom is -0.453 e. The van der Waals surface area contributed by atoms with Gasteiger partial charge in [-0.2, -0.15) is 0 Å². The number of hydrogen-bond donors (Lipinski definition) is 4. The van der Waals surface area contributed by atoms with Crippen LogP contribution in [0.1, 0.15) is 43.4 Å². The van der Waals surface area contributed by atoms with E-state index >= 15 is 0 Å². The van der Waals surface area contributed by atoms with Gasteiger partial charge < -0.3 is 25.3 Å². The Balaban J connectivity index is 1.06. The van der Waals surface area contributed by atoms with Crippen molar-refractivity contribution in [1.29, 1.82) is 0 Å². The summed E-state index contributed by atoms with van der Waals surface area (Å²) < 4.78 is 4.45. The second kappa shape index (κ2) is 12.6. The summed E-state index contributed by atoms with van der Waals surface area (Å²) in [5.41, 5.74) is 6.50. The molecule has 6 rings (SSSR count). The first-order valence-electron chi connectivity index (χ1n) is 14.6. The molecule has 4 heterocycles. The Hall–Kier alpha value is -4.84. The molecule has 12 nitrogen and oxygen atoms in total. The van der Waals surface area contributed by atoms with Crippen LogP contribution in [-0.2, 0) is 16.0 Å². The minimum atomic E-state index is -0.628. The molecule has 3 aromatic heterocycles. The number of ether oxygens (including phenoxy) is 1. The van der Waals surface area contributed by atoms with Crippen LogP contribution >= 0.6 is 0 Å². The normalized spacial score (nSPS) is 15.3. The molecule has 0 spiro atoms. The monoisotopic (exact) mass is 581 g/mol. The van der Waals surface area contributed by atoms with Gasteiger partial charge in [-0.15, -0.1) is 10.2 Å². The number of nitrogens with zero attached hydrogens (tertiary/aromatic N) is 5. The van der Waals surface area contributed by atoms with Gasteiger partial charge in [0.2, 0.25) is 5.91 Å². The molecule has 12 heteroatoms. The summed E-state index contributed by atoms with van der Waals surface area (Å²) >= 11 is 0. The van der Waals surface area contributed by atoms with Gasteiger partial charge in [0.25, 0.3) is 0 Å². The Morgan fingerprint density at radius 2 is 1.91 bits per heavy atom. The summed E-state index contributed by atoms with van der Waals surface area (Å²) in [4.78, 5) is 41.4. The molecule has 1 aliphatic rings. The molecule has 222 valence electrons. The SMILES string of the molecule is COC(=O)NCC(=O)NCCCCc1ncc(-c2ccc3cc(-c4ccc5nc(C6CCCN6C)[nH]c5c4)nnc3c2)[nH]1. The quantitative estimate of drug-likeness (QED) is 0.180. The molecule has 1 saturated heterocycles. The van der Waals surface area contributed by atoms with E-state index in [1.165, 1.54) is 13.5 Å². The number of carbonyl (C=O) groups excluding carboxylic acids is 2. The largest absolute Gasteiger partial charge is 0.453 e. The number of hydrogen-bond acceptors (Lipinski definition) is 8. The third-order valence-electron chi connectivity index (χ3n) is 7.90. The molecular formula is C31H35N9O3. The third kappa shape index (κ3) is 6.49. The number of likely N-dealkylation sites (tertiary alicyclic amines) is 1. The molecule has 2 aromatic carbocycles. The van der Waals surface area contributed by atoms with E-state index in [2.05, 4.69) is 82.8 Å². The lowest BCUT2D eigenvalue weighted by Crippen LogP contribution is -2.37. The van der Waals surface area contributed by atoms with E-state index in [1.807, 2.05) is 18.3 Å². The maximum Gasteiger partial charge on any atom is 0.407 e. The second-order valence-corrected chi connectivity index (χ2v) is 10.9. The zero-order chi connectivity index (χ0) is 29.8. The van der Waals surface area contributed by atoms with Crippen LogP contribution in [0, 0.1) is 0 Å². The predicted octanol–water partition coefficient (Wildman–Crippen LogP) is 4.12. The lowest BCUT2D eigenvalue weighted by Gasteiger charge is -2.16. The van der Waals surface area contributed by atoms with Crippen LogP contribution in [-0.4, -0.2) is 80.8 Å². The van der Waals surface area contributed by atoms with E-state index in [4.69, 9.17) is 4.98 Å². The smallest absolute Gasteiger partial charge is 0.407 e. The van der Waals surface area contributed by atoms with Crippen LogP contribution in [0.4, 0.5) is 4.79 Å². The summed E-state index contributed by atoms with van der Waals surface area (Å²) in [5.74, 6) is 1.66. The maximum atomic E-state index is 11.7. The zero-order valence-corrected chi connectivity index (χ0v) is 24.3. The molecule has 5 aromatic rings. The number of aromatic amines is 2. The standard InChI is InChI=1S/C31H35N9O3/c1-40-13-5-6-27(40)30-36-22-11-10-20(16-25(22)37-30)23-14-19-8-9-21(15-24(19)39-38-23)26-17-33-28(35-26)7-3-4-12-32-29(41)18-34-31(42)43-2/h8-11,14-17,27H,3-7,12-13,18H2,1-2H3,(H,32,41)(H,33,35)(H,34,42)(H,36,37). The van der Waals surface area contributed by atoms with Gasteiger partial charge >= 0.3 is 6.09 Å². The van der Waals surface area contributed by atoms with Crippen molar-refractivity contribution in [2.45, 2.75) is 38.1 Å². The molecule has 0 aliphatic carbocycles. The number of fused-ring (bicyclic) bond motifs is 2. The number of methoxy groups -OCH3 is 1. The van der Waals surface area contributed by atoms with Crippen molar-refractivity contribution in [2.24, 2.45) is 0 Å². The Morgan fingerprint density at radius 3 is 2.74 bits per heavy atom. The second-order valence-electron chi connectivity index (χ2n) is 10.9. The van der Waals surface area contributed by atoms with Crippen molar-refractivity contribution in [2.75, 3.05) is 33.8 Å². The number of aromatic nitrogens is 6. The zero-order valence-electron chi connectivity index (χ0n) is 24.3. The average Bonchev–Trinajstić information content (AvgIpc) is 3.78. The fourth-order valence-electron chi connectivity index (χ4n) is 5.52. The fraction of sp³-hybridized carbons (Fsp3) is 0.355. The van der Waals surface area contributed by atoms with Crippen LogP contribution < -0.4 is 10.6 Å². The molecule has 4 N–H and O–H groups in total. The van der Waals surface area contributed by atoms with Gasteiger partial charge in [-0.3, -0.25) is 9.69 Å². The van der Waals surface area contributed by atoms with Crippen molar-refractivity contribution < 1.29 is 14.3 Å². The van der Waals surface area contributed by atoms with Gasteiger partial charge in [0.05, 0.1) is 53.8 Å². The van der Waals surface area contributed by atoms with E-state index in [9.17, 15) is 9.59 Å². The predicted molar refractivity (Wildman–Crippen MR) is 163 cm³/mol. The Morgan fingerprint density at radius 1 is 1.02 bits per heavy atom. The molecular weight excluding hydrogens is 546 g/mol. The molecule has 1 atom stereocenters. The number of amides is 2. The number of carbonyl (C=O) groups is 2. The lowest BCUT2D eigenvalue weighted by atomic mass is 10.1. The van der Waals surface area contributed by atoms with Crippen LogP contribution in [0.2, 0.25) is 0 Å².